The molecule has 0 amide bonds. The topological polar surface area (TPSA) is 26.3 Å². The fourth-order valence-electron chi connectivity index (χ4n) is 2.75. The summed E-state index contributed by atoms with van der Waals surface area (Å²) in [5.41, 5.74) is 0. The largest absolute Gasteiger partial charge is 0.501 e. The van der Waals surface area contributed by atoms with Crippen LogP contribution in [0.25, 0.3) is 0 Å². The van der Waals surface area contributed by atoms with Gasteiger partial charge in [-0.3, -0.25) is 4.79 Å². The van der Waals surface area contributed by atoms with Crippen molar-refractivity contribution in [2.24, 2.45) is 17.8 Å². The lowest BCUT2D eigenvalue weighted by Crippen LogP contribution is -2.33. The SMILES string of the molecule is C=CCC1CC2C=CC=C(OC)C2CC1=O. The minimum atomic E-state index is 0.166. The predicted octanol–water partition coefficient (Wildman–Crippen LogP) is 2.87. The van der Waals surface area contributed by atoms with Crippen LogP contribution in [-0.4, -0.2) is 12.9 Å². The Morgan fingerprint density at radius 1 is 1.62 bits per heavy atom. The van der Waals surface area contributed by atoms with E-state index in [0.29, 0.717) is 18.1 Å². The first kappa shape index (κ1) is 11.2. The fraction of sp³-hybridized carbons (Fsp3) is 0.500. The lowest BCUT2D eigenvalue weighted by atomic mass is 9.70. The maximum Gasteiger partial charge on any atom is 0.137 e. The number of rotatable bonds is 3. The Morgan fingerprint density at radius 2 is 2.44 bits per heavy atom. The van der Waals surface area contributed by atoms with E-state index in [1.807, 2.05) is 18.2 Å². The fourth-order valence-corrected chi connectivity index (χ4v) is 2.75. The van der Waals surface area contributed by atoms with Crippen molar-refractivity contribution >= 4 is 5.78 Å². The molecule has 0 aromatic heterocycles. The molecule has 2 nitrogen and oxygen atoms in total. The first-order chi connectivity index (χ1) is 7.76. The number of hydrogen-bond acceptors (Lipinski definition) is 2. The minimum absolute atomic E-state index is 0.166. The van der Waals surface area contributed by atoms with Crippen molar-refractivity contribution in [2.75, 3.05) is 7.11 Å². The summed E-state index contributed by atoms with van der Waals surface area (Å²) in [5.74, 6) is 2.21. The summed E-state index contributed by atoms with van der Waals surface area (Å²) in [5, 5.41) is 0. The van der Waals surface area contributed by atoms with Crippen LogP contribution in [0.2, 0.25) is 0 Å². The van der Waals surface area contributed by atoms with Gasteiger partial charge in [-0.15, -0.1) is 6.58 Å². The molecule has 2 heteroatoms. The number of ketones is 1. The summed E-state index contributed by atoms with van der Waals surface area (Å²) in [6.07, 6.45) is 10.4. The quantitative estimate of drug-likeness (QED) is 0.681. The smallest absolute Gasteiger partial charge is 0.137 e. The molecule has 0 radical (unpaired) electrons. The number of hydrogen-bond donors (Lipinski definition) is 0. The number of ether oxygens (including phenoxy) is 1. The molecule has 0 N–H and O–H groups in total. The van der Waals surface area contributed by atoms with Gasteiger partial charge in [0.05, 0.1) is 12.9 Å². The van der Waals surface area contributed by atoms with Crippen LogP contribution in [-0.2, 0) is 9.53 Å². The highest BCUT2D eigenvalue weighted by molar-refractivity contribution is 5.82. The summed E-state index contributed by atoms with van der Waals surface area (Å²) in [7, 11) is 1.68. The molecule has 2 rings (SSSR count). The molecular weight excluding hydrogens is 200 g/mol. The third-order valence-electron chi connectivity index (χ3n) is 3.62. The van der Waals surface area contributed by atoms with Crippen molar-refractivity contribution in [3.8, 4) is 0 Å². The van der Waals surface area contributed by atoms with Gasteiger partial charge in [0.15, 0.2) is 0 Å². The lowest BCUT2D eigenvalue weighted by molar-refractivity contribution is -0.126. The summed E-state index contributed by atoms with van der Waals surface area (Å²) >= 11 is 0. The van der Waals surface area contributed by atoms with E-state index >= 15 is 0 Å². The highest BCUT2D eigenvalue weighted by Crippen LogP contribution is 2.40. The van der Waals surface area contributed by atoms with Crippen LogP contribution in [0.5, 0.6) is 0 Å². The molecule has 2 aliphatic carbocycles. The third kappa shape index (κ3) is 1.97. The second kappa shape index (κ2) is 4.69. The molecule has 0 aromatic carbocycles. The molecule has 1 fully saturated rings. The molecule has 1 saturated carbocycles. The van der Waals surface area contributed by atoms with E-state index in [2.05, 4.69) is 12.7 Å². The summed E-state index contributed by atoms with van der Waals surface area (Å²) in [6.45, 7) is 3.72. The van der Waals surface area contributed by atoms with Gasteiger partial charge >= 0.3 is 0 Å². The second-order valence-electron chi connectivity index (χ2n) is 4.56. The maximum atomic E-state index is 11.9. The summed E-state index contributed by atoms with van der Waals surface area (Å²) in [4.78, 5) is 11.9. The molecule has 3 unspecified atom stereocenters. The average Bonchev–Trinajstić information content (AvgIpc) is 2.30. The zero-order chi connectivity index (χ0) is 11.5. The Labute approximate surface area is 96.7 Å². The second-order valence-corrected chi connectivity index (χ2v) is 4.56. The van der Waals surface area contributed by atoms with E-state index in [9.17, 15) is 4.79 Å². The number of Topliss-reactive ketones (excluding diaryl/α,β-unsaturated/α-hetero) is 1. The highest BCUT2D eigenvalue weighted by Gasteiger charge is 2.37. The van der Waals surface area contributed by atoms with Gasteiger partial charge in [-0.2, -0.15) is 0 Å². The van der Waals surface area contributed by atoms with Gasteiger partial charge in [-0.05, 0) is 24.8 Å². The Balaban J connectivity index is 2.13. The summed E-state index contributed by atoms with van der Waals surface area (Å²) < 4.78 is 5.34. The Hall–Kier alpha value is -1.31. The molecule has 3 atom stereocenters. The number of carbonyl (C=O) groups excluding carboxylic acids is 1. The van der Waals surface area contributed by atoms with Crippen molar-refractivity contribution in [1.29, 1.82) is 0 Å². The van der Waals surface area contributed by atoms with Crippen molar-refractivity contribution in [2.45, 2.75) is 19.3 Å². The zero-order valence-corrected chi connectivity index (χ0v) is 9.69. The van der Waals surface area contributed by atoms with Crippen LogP contribution in [0.15, 0.2) is 36.6 Å². The third-order valence-corrected chi connectivity index (χ3v) is 3.62. The molecule has 0 bridgehead atoms. The molecule has 0 saturated heterocycles. The van der Waals surface area contributed by atoms with Crippen molar-refractivity contribution in [3.63, 3.8) is 0 Å². The molecule has 0 heterocycles. The predicted molar refractivity (Wildman–Crippen MR) is 63.8 cm³/mol. The van der Waals surface area contributed by atoms with Crippen molar-refractivity contribution in [3.05, 3.63) is 36.6 Å². The molecule has 0 aliphatic heterocycles. The van der Waals surface area contributed by atoms with Crippen LogP contribution in [0.3, 0.4) is 0 Å². The van der Waals surface area contributed by atoms with E-state index in [1.165, 1.54) is 0 Å². The Morgan fingerprint density at radius 3 is 3.12 bits per heavy atom. The molecule has 16 heavy (non-hydrogen) atoms. The maximum absolute atomic E-state index is 11.9. The van der Waals surface area contributed by atoms with Crippen molar-refractivity contribution < 1.29 is 9.53 Å². The van der Waals surface area contributed by atoms with Gasteiger partial charge in [-0.25, -0.2) is 0 Å². The summed E-state index contributed by atoms with van der Waals surface area (Å²) in [6, 6.07) is 0. The Kier molecular flexibility index (Phi) is 3.28. The van der Waals surface area contributed by atoms with E-state index in [0.717, 1.165) is 18.6 Å². The van der Waals surface area contributed by atoms with Gasteiger partial charge in [0.25, 0.3) is 0 Å². The van der Waals surface area contributed by atoms with E-state index in [-0.39, 0.29) is 11.8 Å². The van der Waals surface area contributed by atoms with Gasteiger partial charge < -0.3 is 4.74 Å². The molecule has 0 aromatic rings. The van der Waals surface area contributed by atoms with Gasteiger partial charge in [-0.1, -0.05) is 18.2 Å². The van der Waals surface area contributed by atoms with E-state index in [1.54, 1.807) is 7.11 Å². The van der Waals surface area contributed by atoms with Crippen LogP contribution in [0.4, 0.5) is 0 Å². The van der Waals surface area contributed by atoms with E-state index in [4.69, 9.17) is 4.74 Å². The number of methoxy groups -OCH3 is 1. The number of allylic oxidation sites excluding steroid dienone is 5. The average molecular weight is 218 g/mol. The normalized spacial score (nSPS) is 32.9. The first-order valence-electron chi connectivity index (χ1n) is 5.82. The van der Waals surface area contributed by atoms with Gasteiger partial charge in [0.2, 0.25) is 0 Å². The van der Waals surface area contributed by atoms with Crippen LogP contribution in [0, 0.1) is 17.8 Å². The number of carbonyl (C=O) groups is 1. The van der Waals surface area contributed by atoms with Crippen molar-refractivity contribution in [1.82, 2.24) is 0 Å². The van der Waals surface area contributed by atoms with E-state index < -0.39 is 0 Å². The highest BCUT2D eigenvalue weighted by atomic mass is 16.5. The molecule has 86 valence electrons. The van der Waals surface area contributed by atoms with Crippen LogP contribution >= 0.6 is 0 Å². The van der Waals surface area contributed by atoms with Gasteiger partial charge in [0.1, 0.15) is 5.78 Å². The number of fused-ring (bicyclic) bond motifs is 1. The Bertz CT molecular complexity index is 352. The standard InChI is InChI=1S/C14H18O2/c1-3-5-11-8-10-6-4-7-14(16-2)12(10)9-13(11)15/h3-4,6-7,10-12H,1,5,8-9H2,2H3. The minimum Gasteiger partial charge on any atom is -0.501 e. The van der Waals surface area contributed by atoms with Crippen LogP contribution in [0.1, 0.15) is 19.3 Å². The van der Waals surface area contributed by atoms with Gasteiger partial charge in [0, 0.05) is 18.3 Å². The van der Waals surface area contributed by atoms with Crippen LogP contribution < -0.4 is 0 Å². The lowest BCUT2D eigenvalue weighted by Gasteiger charge is -2.35. The molecule has 2 aliphatic rings. The zero-order valence-electron chi connectivity index (χ0n) is 9.69. The first-order valence-corrected chi connectivity index (χ1v) is 5.82. The monoisotopic (exact) mass is 218 g/mol. The molecule has 0 spiro atoms. The molecular formula is C14H18O2.